The first-order chi connectivity index (χ1) is 10.4. The second-order valence-corrected chi connectivity index (χ2v) is 6.41. The van der Waals surface area contributed by atoms with Crippen LogP contribution >= 0.6 is 12.4 Å². The largest absolute Gasteiger partial charge is 0.316 e. The quantitative estimate of drug-likeness (QED) is 0.838. The minimum Gasteiger partial charge on any atom is -0.316 e. The molecule has 1 fully saturated rings. The average Bonchev–Trinajstić information content (AvgIpc) is 2.77. The molecule has 2 N–H and O–H groups in total. The first-order valence-electron chi connectivity index (χ1n) is 8.35. The van der Waals surface area contributed by atoms with Crippen molar-refractivity contribution < 1.29 is 4.79 Å². The second kappa shape index (κ2) is 8.66. The Morgan fingerprint density at radius 1 is 1.18 bits per heavy atom. The molecule has 3 rings (SSSR count). The van der Waals surface area contributed by atoms with Gasteiger partial charge in [0, 0.05) is 19.5 Å². The van der Waals surface area contributed by atoms with Crippen LogP contribution in [-0.4, -0.2) is 25.9 Å². The Kier molecular flexibility index (Phi) is 6.87. The van der Waals surface area contributed by atoms with E-state index in [-0.39, 0.29) is 12.4 Å². The lowest BCUT2D eigenvalue weighted by molar-refractivity contribution is -0.108. The molecule has 122 valence electrons. The molecule has 4 heteroatoms. The Bertz CT molecular complexity index is 492. The molecule has 0 aliphatic carbocycles. The number of aryl methyl sites for hydroxylation is 1. The summed E-state index contributed by atoms with van der Waals surface area (Å²) >= 11 is 0. The van der Waals surface area contributed by atoms with Gasteiger partial charge in [-0.25, -0.2) is 0 Å². The van der Waals surface area contributed by atoms with Gasteiger partial charge in [-0.15, -0.1) is 12.4 Å². The van der Waals surface area contributed by atoms with Gasteiger partial charge in [0.05, 0.1) is 0 Å². The van der Waals surface area contributed by atoms with E-state index >= 15 is 0 Å². The monoisotopic (exact) mass is 322 g/mol. The maximum atomic E-state index is 10.7. The van der Waals surface area contributed by atoms with Gasteiger partial charge >= 0.3 is 0 Å². The molecule has 0 saturated carbocycles. The van der Waals surface area contributed by atoms with E-state index in [2.05, 4.69) is 28.8 Å². The number of benzene rings is 1. The third-order valence-corrected chi connectivity index (χ3v) is 5.05. The van der Waals surface area contributed by atoms with Crippen molar-refractivity contribution in [2.75, 3.05) is 19.6 Å². The summed E-state index contributed by atoms with van der Waals surface area (Å²) in [6.07, 6.45) is 6.42. The van der Waals surface area contributed by atoms with Gasteiger partial charge in [0.2, 0.25) is 0 Å². The molecule has 0 amide bonds. The summed E-state index contributed by atoms with van der Waals surface area (Å²) in [4.78, 5) is 10.7. The highest BCUT2D eigenvalue weighted by Crippen LogP contribution is 2.33. The van der Waals surface area contributed by atoms with E-state index in [0.717, 1.165) is 38.9 Å². The standard InChI is InChI=1S/C18H26N2O.ClH/c21-10-2-4-15-7-9-20-13-18(15)16-6-5-14-3-1-8-19-12-17(14)11-16;/h5-6,10-11,15,18-20H,1-4,7-9,12-13H2;1H. The van der Waals surface area contributed by atoms with Crippen LogP contribution in [0.2, 0.25) is 0 Å². The number of nitrogens with one attached hydrogen (secondary N) is 2. The van der Waals surface area contributed by atoms with Gasteiger partial charge in [0.1, 0.15) is 6.29 Å². The molecule has 2 heterocycles. The molecular weight excluding hydrogens is 296 g/mol. The van der Waals surface area contributed by atoms with Crippen LogP contribution in [0.25, 0.3) is 0 Å². The van der Waals surface area contributed by atoms with Gasteiger partial charge in [0.25, 0.3) is 0 Å². The first kappa shape index (κ1) is 17.5. The van der Waals surface area contributed by atoms with Crippen LogP contribution in [0.5, 0.6) is 0 Å². The van der Waals surface area contributed by atoms with Crippen LogP contribution in [0.4, 0.5) is 0 Å². The van der Waals surface area contributed by atoms with Crippen molar-refractivity contribution in [2.45, 2.75) is 44.6 Å². The average molecular weight is 323 g/mol. The van der Waals surface area contributed by atoms with Gasteiger partial charge in [-0.1, -0.05) is 18.2 Å². The number of carbonyl (C=O) groups excluding carboxylic acids is 1. The van der Waals surface area contributed by atoms with Crippen molar-refractivity contribution in [1.82, 2.24) is 10.6 Å². The molecule has 2 atom stereocenters. The molecular formula is C18H27ClN2O. The van der Waals surface area contributed by atoms with Gasteiger partial charge < -0.3 is 15.4 Å². The number of hydrogen-bond donors (Lipinski definition) is 2. The maximum Gasteiger partial charge on any atom is 0.120 e. The molecule has 2 aliphatic rings. The van der Waals surface area contributed by atoms with Crippen molar-refractivity contribution in [3.63, 3.8) is 0 Å². The predicted molar refractivity (Wildman–Crippen MR) is 92.7 cm³/mol. The van der Waals surface area contributed by atoms with Crippen molar-refractivity contribution in [1.29, 1.82) is 0 Å². The molecule has 0 aromatic heterocycles. The van der Waals surface area contributed by atoms with Crippen LogP contribution in [0.1, 0.15) is 48.3 Å². The number of carbonyl (C=O) groups is 1. The minimum atomic E-state index is 0. The second-order valence-electron chi connectivity index (χ2n) is 6.41. The van der Waals surface area contributed by atoms with Crippen molar-refractivity contribution in [2.24, 2.45) is 5.92 Å². The van der Waals surface area contributed by atoms with Gasteiger partial charge in [-0.3, -0.25) is 0 Å². The fourth-order valence-electron chi connectivity index (χ4n) is 3.84. The summed E-state index contributed by atoms with van der Waals surface area (Å²) in [5.74, 6) is 1.21. The number of hydrogen-bond acceptors (Lipinski definition) is 3. The molecule has 1 saturated heterocycles. The summed E-state index contributed by atoms with van der Waals surface area (Å²) in [5.41, 5.74) is 4.45. The molecule has 0 radical (unpaired) electrons. The molecule has 3 nitrogen and oxygen atoms in total. The number of piperidine rings is 1. The lowest BCUT2D eigenvalue weighted by Gasteiger charge is -2.32. The van der Waals surface area contributed by atoms with Crippen molar-refractivity contribution >= 4 is 18.7 Å². The van der Waals surface area contributed by atoms with Gasteiger partial charge in [-0.2, -0.15) is 0 Å². The Balaban J connectivity index is 0.00000176. The van der Waals surface area contributed by atoms with Gasteiger partial charge in [-0.05, 0) is 67.3 Å². The molecule has 0 bridgehead atoms. The molecule has 2 unspecified atom stereocenters. The Morgan fingerprint density at radius 3 is 2.95 bits per heavy atom. The highest BCUT2D eigenvalue weighted by atomic mass is 35.5. The summed E-state index contributed by atoms with van der Waals surface area (Å²) < 4.78 is 0. The van der Waals surface area contributed by atoms with E-state index in [1.165, 1.54) is 36.0 Å². The summed E-state index contributed by atoms with van der Waals surface area (Å²) in [6.45, 7) is 4.27. The minimum absolute atomic E-state index is 0. The number of rotatable bonds is 4. The zero-order valence-corrected chi connectivity index (χ0v) is 14.0. The summed E-state index contributed by atoms with van der Waals surface area (Å²) in [5, 5.41) is 7.05. The highest BCUT2D eigenvalue weighted by molar-refractivity contribution is 5.85. The smallest absolute Gasteiger partial charge is 0.120 e. The van der Waals surface area contributed by atoms with Crippen molar-refractivity contribution in [3.8, 4) is 0 Å². The van der Waals surface area contributed by atoms with E-state index in [1.807, 2.05) is 0 Å². The zero-order valence-electron chi connectivity index (χ0n) is 13.1. The van der Waals surface area contributed by atoms with E-state index in [4.69, 9.17) is 0 Å². The van der Waals surface area contributed by atoms with Crippen LogP contribution in [0.3, 0.4) is 0 Å². The van der Waals surface area contributed by atoms with Gasteiger partial charge in [0.15, 0.2) is 0 Å². The first-order valence-corrected chi connectivity index (χ1v) is 8.35. The van der Waals surface area contributed by atoms with Crippen LogP contribution in [-0.2, 0) is 17.8 Å². The number of aldehydes is 1. The fourth-order valence-corrected chi connectivity index (χ4v) is 3.84. The zero-order chi connectivity index (χ0) is 14.5. The Labute approximate surface area is 139 Å². The summed E-state index contributed by atoms with van der Waals surface area (Å²) in [6, 6.07) is 7.08. The number of halogens is 1. The van der Waals surface area contributed by atoms with E-state index < -0.39 is 0 Å². The molecule has 0 spiro atoms. The summed E-state index contributed by atoms with van der Waals surface area (Å²) in [7, 11) is 0. The van der Waals surface area contributed by atoms with Crippen LogP contribution < -0.4 is 10.6 Å². The predicted octanol–water partition coefficient (Wildman–Crippen LogP) is 2.82. The lowest BCUT2D eigenvalue weighted by Crippen LogP contribution is -2.35. The Morgan fingerprint density at radius 2 is 2.09 bits per heavy atom. The third kappa shape index (κ3) is 4.09. The lowest BCUT2D eigenvalue weighted by atomic mass is 9.78. The van der Waals surface area contributed by atoms with E-state index in [0.29, 0.717) is 18.3 Å². The maximum absolute atomic E-state index is 10.7. The number of fused-ring (bicyclic) bond motifs is 1. The normalized spacial score (nSPS) is 24.7. The van der Waals surface area contributed by atoms with Crippen molar-refractivity contribution in [3.05, 3.63) is 34.9 Å². The molecule has 2 aliphatic heterocycles. The highest BCUT2D eigenvalue weighted by Gasteiger charge is 2.26. The molecule has 1 aromatic rings. The van der Waals surface area contributed by atoms with Crippen LogP contribution in [0, 0.1) is 5.92 Å². The third-order valence-electron chi connectivity index (χ3n) is 5.05. The molecule has 1 aromatic carbocycles. The Hall–Kier alpha value is -0.900. The SMILES string of the molecule is Cl.O=CCCC1CCNCC1c1ccc2c(c1)CNCCC2. The fraction of sp³-hybridized carbons (Fsp3) is 0.611. The molecule has 22 heavy (non-hydrogen) atoms. The topological polar surface area (TPSA) is 41.1 Å². The van der Waals surface area contributed by atoms with E-state index in [9.17, 15) is 4.79 Å². The van der Waals surface area contributed by atoms with E-state index in [1.54, 1.807) is 0 Å². The van der Waals surface area contributed by atoms with Crippen LogP contribution in [0.15, 0.2) is 18.2 Å².